The Bertz CT molecular complexity index is 793. The third-order valence-corrected chi connectivity index (χ3v) is 4.39. The molecule has 0 atom stereocenters. The minimum atomic E-state index is -0.305. The lowest BCUT2D eigenvalue weighted by molar-refractivity contribution is -0.123. The van der Waals surface area contributed by atoms with Crippen molar-refractivity contribution in [1.29, 1.82) is 0 Å². The lowest BCUT2D eigenvalue weighted by atomic mass is 10.2. The average molecular weight is 330 g/mol. The first-order chi connectivity index (χ1) is 11.0. The Morgan fingerprint density at radius 2 is 1.83 bits per heavy atom. The van der Waals surface area contributed by atoms with Gasteiger partial charge in [0.05, 0.1) is 4.91 Å². The van der Waals surface area contributed by atoms with Gasteiger partial charge in [-0.1, -0.05) is 0 Å². The van der Waals surface area contributed by atoms with E-state index in [0.717, 1.165) is 23.1 Å². The van der Waals surface area contributed by atoms with E-state index in [-0.39, 0.29) is 23.0 Å². The number of carbonyl (C=O) groups excluding carboxylic acids is 2. The summed E-state index contributed by atoms with van der Waals surface area (Å²) >= 11 is 0.940. The molecule has 2 amide bonds. The van der Waals surface area contributed by atoms with E-state index < -0.39 is 0 Å². The zero-order valence-electron chi connectivity index (χ0n) is 12.7. The fourth-order valence-electron chi connectivity index (χ4n) is 2.41. The number of imide groups is 1. The van der Waals surface area contributed by atoms with Gasteiger partial charge in [0, 0.05) is 23.6 Å². The van der Waals surface area contributed by atoms with Gasteiger partial charge in [0.1, 0.15) is 5.82 Å². The lowest BCUT2D eigenvalue weighted by Gasteiger charge is -2.16. The predicted octanol–water partition coefficient (Wildman–Crippen LogP) is 4.06. The van der Waals surface area contributed by atoms with Crippen molar-refractivity contribution in [3.05, 3.63) is 59.0 Å². The maximum Gasteiger partial charge on any atom is 0.293 e. The first-order valence-electron chi connectivity index (χ1n) is 7.18. The van der Waals surface area contributed by atoms with Gasteiger partial charge in [0.2, 0.25) is 0 Å². The van der Waals surface area contributed by atoms with E-state index in [4.69, 9.17) is 0 Å². The molecule has 0 bridgehead atoms. The molecule has 0 saturated carbocycles. The summed E-state index contributed by atoms with van der Waals surface area (Å²) in [6.07, 6.45) is 3.52. The molecule has 1 aliphatic rings. The molecule has 0 spiro atoms. The van der Waals surface area contributed by atoms with E-state index in [2.05, 4.69) is 0 Å². The average Bonchev–Trinajstić information content (AvgIpc) is 3.05. The van der Waals surface area contributed by atoms with Gasteiger partial charge in [-0.15, -0.1) is 0 Å². The fourth-order valence-corrected chi connectivity index (χ4v) is 3.35. The SMILES string of the molecule is CC(C)N1C(=O)S/C(=C\c2cccn2-c2ccc(F)cc2)C1=O. The minimum Gasteiger partial charge on any atom is -0.317 e. The van der Waals surface area contributed by atoms with Gasteiger partial charge in [0.15, 0.2) is 0 Å². The molecule has 23 heavy (non-hydrogen) atoms. The Balaban J connectivity index is 1.96. The summed E-state index contributed by atoms with van der Waals surface area (Å²) in [6.45, 7) is 3.61. The van der Waals surface area contributed by atoms with E-state index >= 15 is 0 Å². The van der Waals surface area contributed by atoms with Crippen LogP contribution in [0.1, 0.15) is 19.5 Å². The van der Waals surface area contributed by atoms with E-state index in [0.29, 0.717) is 4.91 Å². The topological polar surface area (TPSA) is 42.3 Å². The molecule has 1 aromatic heterocycles. The van der Waals surface area contributed by atoms with Crippen molar-refractivity contribution >= 4 is 29.0 Å². The van der Waals surface area contributed by atoms with Crippen molar-refractivity contribution in [2.75, 3.05) is 0 Å². The molecule has 0 radical (unpaired) electrons. The molecule has 0 aliphatic carbocycles. The third-order valence-electron chi connectivity index (χ3n) is 3.50. The molecule has 1 fully saturated rings. The summed E-state index contributed by atoms with van der Waals surface area (Å²) in [6, 6.07) is 9.59. The van der Waals surface area contributed by atoms with Gasteiger partial charge in [-0.3, -0.25) is 14.5 Å². The van der Waals surface area contributed by atoms with Gasteiger partial charge in [-0.05, 0) is 68.1 Å². The van der Waals surface area contributed by atoms with E-state index in [1.807, 2.05) is 22.9 Å². The number of benzene rings is 1. The molecule has 0 N–H and O–H groups in total. The number of hydrogen-bond acceptors (Lipinski definition) is 3. The molecule has 4 nitrogen and oxygen atoms in total. The van der Waals surface area contributed by atoms with Crippen LogP contribution in [0.5, 0.6) is 0 Å². The van der Waals surface area contributed by atoms with Crippen molar-refractivity contribution in [1.82, 2.24) is 9.47 Å². The molecule has 1 aromatic carbocycles. The molecule has 6 heteroatoms. The van der Waals surface area contributed by atoms with Gasteiger partial charge in [-0.2, -0.15) is 0 Å². The van der Waals surface area contributed by atoms with Crippen molar-refractivity contribution < 1.29 is 14.0 Å². The van der Waals surface area contributed by atoms with Crippen LogP contribution in [-0.2, 0) is 4.79 Å². The summed E-state index contributed by atoms with van der Waals surface area (Å²) in [7, 11) is 0. The van der Waals surface area contributed by atoms with Crippen molar-refractivity contribution in [2.24, 2.45) is 0 Å². The highest BCUT2D eigenvalue weighted by Crippen LogP contribution is 2.33. The summed E-state index contributed by atoms with van der Waals surface area (Å²) in [4.78, 5) is 25.9. The summed E-state index contributed by atoms with van der Waals surface area (Å²) in [5.41, 5.74) is 1.54. The van der Waals surface area contributed by atoms with Crippen LogP contribution in [0.2, 0.25) is 0 Å². The Kier molecular flexibility index (Phi) is 4.09. The Morgan fingerprint density at radius 3 is 2.43 bits per heavy atom. The van der Waals surface area contributed by atoms with Crippen LogP contribution in [0.15, 0.2) is 47.5 Å². The maximum atomic E-state index is 13.1. The lowest BCUT2D eigenvalue weighted by Crippen LogP contribution is -2.34. The summed E-state index contributed by atoms with van der Waals surface area (Å²) in [5, 5.41) is -0.254. The fraction of sp³-hybridized carbons (Fsp3) is 0.176. The monoisotopic (exact) mass is 330 g/mol. The number of halogens is 1. The first-order valence-corrected chi connectivity index (χ1v) is 7.99. The predicted molar refractivity (Wildman–Crippen MR) is 88.7 cm³/mol. The van der Waals surface area contributed by atoms with Gasteiger partial charge in [-0.25, -0.2) is 4.39 Å². The smallest absolute Gasteiger partial charge is 0.293 e. The standard InChI is InChI=1S/C17H15FN2O2S/c1-11(2)20-16(21)15(23-17(20)22)10-14-4-3-9-19(14)13-7-5-12(18)6-8-13/h3-11H,1-2H3/b15-10-. The summed E-state index contributed by atoms with van der Waals surface area (Å²) in [5.74, 6) is -0.581. The molecule has 3 rings (SSSR count). The molecule has 2 heterocycles. The van der Waals surface area contributed by atoms with Crippen molar-refractivity contribution in [3.8, 4) is 5.69 Å². The number of thioether (sulfide) groups is 1. The molecular formula is C17H15FN2O2S. The van der Waals surface area contributed by atoms with Crippen LogP contribution in [0.4, 0.5) is 9.18 Å². The van der Waals surface area contributed by atoms with Crippen LogP contribution in [0.3, 0.4) is 0 Å². The summed E-state index contributed by atoms with van der Waals surface area (Å²) < 4.78 is 14.9. The van der Waals surface area contributed by atoms with Crippen molar-refractivity contribution in [2.45, 2.75) is 19.9 Å². The van der Waals surface area contributed by atoms with Gasteiger partial charge < -0.3 is 4.57 Å². The first kappa shape index (κ1) is 15.6. The van der Waals surface area contributed by atoms with Crippen LogP contribution < -0.4 is 0 Å². The maximum absolute atomic E-state index is 13.1. The second-order valence-electron chi connectivity index (χ2n) is 5.42. The molecule has 2 aromatic rings. The van der Waals surface area contributed by atoms with Crippen molar-refractivity contribution in [3.63, 3.8) is 0 Å². The van der Waals surface area contributed by atoms with E-state index in [9.17, 15) is 14.0 Å². The second kappa shape index (κ2) is 6.04. The Labute approximate surface area is 137 Å². The highest BCUT2D eigenvalue weighted by Gasteiger charge is 2.36. The number of amides is 2. The van der Waals surface area contributed by atoms with Gasteiger partial charge in [0.25, 0.3) is 11.1 Å². The van der Waals surface area contributed by atoms with Crippen LogP contribution >= 0.6 is 11.8 Å². The highest BCUT2D eigenvalue weighted by atomic mass is 32.2. The van der Waals surface area contributed by atoms with Crippen LogP contribution in [-0.4, -0.2) is 26.7 Å². The van der Waals surface area contributed by atoms with E-state index in [1.54, 1.807) is 32.1 Å². The van der Waals surface area contributed by atoms with Crippen LogP contribution in [0.25, 0.3) is 11.8 Å². The molecule has 118 valence electrons. The molecule has 0 unspecified atom stereocenters. The number of rotatable bonds is 3. The van der Waals surface area contributed by atoms with Crippen LogP contribution in [0, 0.1) is 5.82 Å². The normalized spacial score (nSPS) is 16.9. The number of aromatic nitrogens is 1. The largest absolute Gasteiger partial charge is 0.317 e. The molecule has 1 aliphatic heterocycles. The number of carbonyl (C=O) groups is 2. The third kappa shape index (κ3) is 2.94. The quantitative estimate of drug-likeness (QED) is 0.797. The highest BCUT2D eigenvalue weighted by molar-refractivity contribution is 8.18. The van der Waals surface area contributed by atoms with Gasteiger partial charge >= 0.3 is 0 Å². The molecule has 1 saturated heterocycles. The Hall–Kier alpha value is -2.34. The zero-order valence-corrected chi connectivity index (χ0v) is 13.5. The zero-order chi connectivity index (χ0) is 16.6. The molecular weight excluding hydrogens is 315 g/mol. The minimum absolute atomic E-state index is 0.169. The number of nitrogens with zero attached hydrogens (tertiary/aromatic N) is 2. The number of hydrogen-bond donors (Lipinski definition) is 0. The second-order valence-corrected chi connectivity index (χ2v) is 6.42. The Morgan fingerprint density at radius 1 is 1.13 bits per heavy atom. The van der Waals surface area contributed by atoms with E-state index in [1.165, 1.54) is 17.0 Å².